The van der Waals surface area contributed by atoms with Crippen LogP contribution in [0.1, 0.15) is 12.0 Å². The summed E-state index contributed by atoms with van der Waals surface area (Å²) in [6.07, 6.45) is 0.963. The third kappa shape index (κ3) is 3.75. The van der Waals surface area contributed by atoms with Crippen molar-refractivity contribution in [1.82, 2.24) is 0 Å². The number of hydrogen-bond acceptors (Lipinski definition) is 3. The molecule has 2 N–H and O–H groups in total. The molecule has 0 aromatic heterocycles. The van der Waals surface area contributed by atoms with Gasteiger partial charge < -0.3 is 15.2 Å². The number of phenols is 1. The molecule has 4 nitrogen and oxygen atoms in total. The van der Waals surface area contributed by atoms with Crippen LogP contribution in [0, 0.1) is 0 Å². The molecule has 4 heteroatoms. The summed E-state index contributed by atoms with van der Waals surface area (Å²) in [6.45, 7) is 0. The second kappa shape index (κ2) is 6.61. The second-order valence-corrected chi connectivity index (χ2v) is 4.41. The van der Waals surface area contributed by atoms with Crippen LogP contribution in [0.5, 0.6) is 11.5 Å². The monoisotopic (exact) mass is 271 g/mol. The summed E-state index contributed by atoms with van der Waals surface area (Å²) in [5, 5.41) is 12.1. The fourth-order valence-electron chi connectivity index (χ4n) is 1.96. The number of para-hydroxylation sites is 1. The van der Waals surface area contributed by atoms with Crippen LogP contribution in [0.15, 0.2) is 48.5 Å². The van der Waals surface area contributed by atoms with Crippen molar-refractivity contribution >= 4 is 11.6 Å². The van der Waals surface area contributed by atoms with Gasteiger partial charge in [0.15, 0.2) is 0 Å². The van der Waals surface area contributed by atoms with Crippen molar-refractivity contribution in [2.75, 3.05) is 12.4 Å². The summed E-state index contributed by atoms with van der Waals surface area (Å²) in [7, 11) is 1.62. The van der Waals surface area contributed by atoms with Gasteiger partial charge in [-0.1, -0.05) is 24.3 Å². The molecule has 0 spiro atoms. The van der Waals surface area contributed by atoms with Gasteiger partial charge in [-0.25, -0.2) is 0 Å². The van der Waals surface area contributed by atoms with E-state index in [4.69, 9.17) is 4.74 Å². The number of hydrogen-bond donors (Lipinski definition) is 2. The van der Waals surface area contributed by atoms with Crippen LogP contribution in [0.25, 0.3) is 0 Å². The van der Waals surface area contributed by atoms with Gasteiger partial charge in [0.25, 0.3) is 0 Å². The highest BCUT2D eigenvalue weighted by Gasteiger charge is 2.06. The minimum absolute atomic E-state index is 0.0958. The Morgan fingerprint density at radius 2 is 2.00 bits per heavy atom. The molecule has 0 aliphatic carbocycles. The standard InChI is InChI=1S/C16H17NO3/c1-20-15-8-3-2-5-12(15)9-10-16(19)17-13-6-4-7-14(18)11-13/h2-8,11,18H,9-10H2,1H3,(H,17,19). The molecule has 0 aliphatic rings. The second-order valence-electron chi connectivity index (χ2n) is 4.41. The fraction of sp³-hybridized carbons (Fsp3) is 0.188. The molecule has 0 aliphatic heterocycles. The Morgan fingerprint density at radius 3 is 2.75 bits per heavy atom. The van der Waals surface area contributed by atoms with Crippen molar-refractivity contribution in [2.45, 2.75) is 12.8 Å². The molecule has 0 heterocycles. The maximum atomic E-state index is 11.9. The first-order valence-electron chi connectivity index (χ1n) is 6.40. The molecule has 20 heavy (non-hydrogen) atoms. The van der Waals surface area contributed by atoms with Gasteiger partial charge in [-0.3, -0.25) is 4.79 Å². The highest BCUT2D eigenvalue weighted by atomic mass is 16.5. The molecule has 2 aromatic carbocycles. The quantitative estimate of drug-likeness (QED) is 0.879. The highest BCUT2D eigenvalue weighted by molar-refractivity contribution is 5.91. The average molecular weight is 271 g/mol. The Hall–Kier alpha value is -2.49. The van der Waals surface area contributed by atoms with Gasteiger partial charge in [0.05, 0.1) is 7.11 Å². The molecule has 0 saturated carbocycles. The first-order chi connectivity index (χ1) is 9.69. The Bertz CT molecular complexity index is 596. The van der Waals surface area contributed by atoms with Gasteiger partial charge in [-0.05, 0) is 30.2 Å². The van der Waals surface area contributed by atoms with Crippen LogP contribution in [-0.2, 0) is 11.2 Å². The lowest BCUT2D eigenvalue weighted by Gasteiger charge is -2.08. The summed E-state index contributed by atoms with van der Waals surface area (Å²) in [6, 6.07) is 14.1. The van der Waals surface area contributed by atoms with Gasteiger partial charge in [0.1, 0.15) is 11.5 Å². The van der Waals surface area contributed by atoms with Crippen LogP contribution < -0.4 is 10.1 Å². The number of ether oxygens (including phenoxy) is 1. The molecule has 104 valence electrons. The lowest BCUT2D eigenvalue weighted by atomic mass is 10.1. The minimum atomic E-state index is -0.0958. The number of carbonyl (C=O) groups is 1. The number of anilines is 1. The van der Waals surface area contributed by atoms with E-state index in [1.54, 1.807) is 25.3 Å². The van der Waals surface area contributed by atoms with Gasteiger partial charge >= 0.3 is 0 Å². The average Bonchev–Trinajstić information content (AvgIpc) is 2.45. The van der Waals surface area contributed by atoms with Crippen molar-refractivity contribution in [1.29, 1.82) is 0 Å². The van der Waals surface area contributed by atoms with Crippen molar-refractivity contribution in [3.05, 3.63) is 54.1 Å². The smallest absolute Gasteiger partial charge is 0.224 e. The predicted octanol–water partition coefficient (Wildman–Crippen LogP) is 2.97. The zero-order valence-corrected chi connectivity index (χ0v) is 11.3. The number of methoxy groups -OCH3 is 1. The number of carbonyl (C=O) groups excluding carboxylic acids is 1. The van der Waals surface area contributed by atoms with Crippen LogP contribution in [0.4, 0.5) is 5.69 Å². The molecule has 1 amide bonds. The fourth-order valence-corrected chi connectivity index (χ4v) is 1.96. The van der Waals surface area contributed by atoms with E-state index in [-0.39, 0.29) is 11.7 Å². The Labute approximate surface area is 118 Å². The molecule has 2 rings (SSSR count). The van der Waals surface area contributed by atoms with Crippen LogP contribution in [0.3, 0.4) is 0 Å². The molecule has 0 saturated heterocycles. The lowest BCUT2D eigenvalue weighted by molar-refractivity contribution is -0.116. The molecule has 0 radical (unpaired) electrons. The maximum absolute atomic E-state index is 11.9. The molecule has 0 fully saturated rings. The largest absolute Gasteiger partial charge is 0.508 e. The van der Waals surface area contributed by atoms with Gasteiger partial charge in [-0.15, -0.1) is 0 Å². The van der Waals surface area contributed by atoms with Crippen molar-refractivity contribution in [2.24, 2.45) is 0 Å². The van der Waals surface area contributed by atoms with E-state index in [0.717, 1.165) is 11.3 Å². The first kappa shape index (κ1) is 13.9. The van der Waals surface area contributed by atoms with Gasteiger partial charge in [0, 0.05) is 18.2 Å². The number of amides is 1. The van der Waals surface area contributed by atoms with Crippen molar-refractivity contribution in [3.63, 3.8) is 0 Å². The topological polar surface area (TPSA) is 58.6 Å². The van der Waals surface area contributed by atoms with Crippen LogP contribution >= 0.6 is 0 Å². The minimum Gasteiger partial charge on any atom is -0.508 e. The third-order valence-electron chi connectivity index (χ3n) is 2.94. The molecule has 0 bridgehead atoms. The summed E-state index contributed by atoms with van der Waals surface area (Å²) < 4.78 is 5.25. The molecular formula is C16H17NO3. The number of aromatic hydroxyl groups is 1. The van der Waals surface area contributed by atoms with E-state index >= 15 is 0 Å². The van der Waals surface area contributed by atoms with E-state index in [2.05, 4.69) is 5.32 Å². The Morgan fingerprint density at radius 1 is 1.20 bits per heavy atom. The van der Waals surface area contributed by atoms with Gasteiger partial charge in [-0.2, -0.15) is 0 Å². The summed E-state index contributed by atoms with van der Waals surface area (Å²) in [4.78, 5) is 11.9. The molecular weight excluding hydrogens is 254 g/mol. The zero-order chi connectivity index (χ0) is 14.4. The number of nitrogens with one attached hydrogen (secondary N) is 1. The van der Waals surface area contributed by atoms with E-state index < -0.39 is 0 Å². The molecule has 2 aromatic rings. The predicted molar refractivity (Wildman–Crippen MR) is 78.1 cm³/mol. The van der Waals surface area contributed by atoms with Crippen molar-refractivity contribution in [3.8, 4) is 11.5 Å². The summed E-state index contributed by atoms with van der Waals surface area (Å²) in [5.74, 6) is 0.826. The van der Waals surface area contributed by atoms with Gasteiger partial charge in [0.2, 0.25) is 5.91 Å². The SMILES string of the molecule is COc1ccccc1CCC(=O)Nc1cccc(O)c1. The third-order valence-corrected chi connectivity index (χ3v) is 2.94. The van der Waals surface area contributed by atoms with Crippen LogP contribution in [0.2, 0.25) is 0 Å². The van der Waals surface area contributed by atoms with Crippen LogP contribution in [-0.4, -0.2) is 18.1 Å². The Balaban J connectivity index is 1.92. The lowest BCUT2D eigenvalue weighted by Crippen LogP contribution is -2.12. The normalized spacial score (nSPS) is 10.1. The summed E-state index contributed by atoms with van der Waals surface area (Å²) >= 11 is 0. The highest BCUT2D eigenvalue weighted by Crippen LogP contribution is 2.20. The zero-order valence-electron chi connectivity index (χ0n) is 11.3. The number of rotatable bonds is 5. The number of benzene rings is 2. The van der Waals surface area contributed by atoms with E-state index in [9.17, 15) is 9.90 Å². The molecule has 0 unspecified atom stereocenters. The number of phenolic OH excluding ortho intramolecular Hbond substituents is 1. The van der Waals surface area contributed by atoms with E-state index in [1.807, 2.05) is 24.3 Å². The summed E-state index contributed by atoms with van der Waals surface area (Å²) in [5.41, 5.74) is 1.59. The maximum Gasteiger partial charge on any atom is 0.224 e. The van der Waals surface area contributed by atoms with E-state index in [0.29, 0.717) is 18.5 Å². The van der Waals surface area contributed by atoms with Crippen molar-refractivity contribution < 1.29 is 14.6 Å². The Kier molecular flexibility index (Phi) is 4.60. The van der Waals surface area contributed by atoms with E-state index in [1.165, 1.54) is 6.07 Å². The number of aryl methyl sites for hydroxylation is 1. The first-order valence-corrected chi connectivity index (χ1v) is 6.40. The molecule has 0 atom stereocenters.